The molecule has 1 aliphatic rings. The minimum absolute atomic E-state index is 0.200. The number of esters is 1. The van der Waals surface area contributed by atoms with Crippen LogP contribution in [-0.2, 0) is 20.5 Å². The van der Waals surface area contributed by atoms with E-state index in [0.717, 1.165) is 28.8 Å². The summed E-state index contributed by atoms with van der Waals surface area (Å²) >= 11 is 6.08. The number of halogens is 3. The monoisotopic (exact) mass is 427 g/mol. The second-order valence-corrected chi connectivity index (χ2v) is 7.30. The number of carbonyl (C=O) groups is 2. The molecule has 0 spiro atoms. The Hall–Kier alpha value is -2.59. The molecular weight excluding hydrogens is 415 g/mol. The van der Waals surface area contributed by atoms with E-state index in [4.69, 9.17) is 16.6 Å². The standard InChI is InChI=1S/C18H12F3NO4S2/c1-25-15(23)9-22-16(24)14(28-17(22)27)8-12-5-6-13(26-12)10-3-2-4-11(7-10)18(19,20)21/h2-8H,9H2,1H3/b14-8-. The zero-order valence-corrected chi connectivity index (χ0v) is 15.9. The van der Waals surface area contributed by atoms with Crippen molar-refractivity contribution < 1.29 is 31.9 Å². The van der Waals surface area contributed by atoms with Crippen molar-refractivity contribution in [3.05, 3.63) is 52.6 Å². The summed E-state index contributed by atoms with van der Waals surface area (Å²) in [6.45, 7) is -0.299. The summed E-state index contributed by atoms with van der Waals surface area (Å²) in [6, 6.07) is 7.78. The fourth-order valence-electron chi connectivity index (χ4n) is 2.39. The van der Waals surface area contributed by atoms with E-state index in [2.05, 4.69) is 4.74 Å². The molecule has 0 atom stereocenters. The molecule has 2 heterocycles. The largest absolute Gasteiger partial charge is 0.468 e. The van der Waals surface area contributed by atoms with Gasteiger partial charge in [0.25, 0.3) is 5.91 Å². The van der Waals surface area contributed by atoms with E-state index >= 15 is 0 Å². The first-order valence-corrected chi connectivity index (χ1v) is 9.01. The van der Waals surface area contributed by atoms with E-state index in [1.807, 2.05) is 0 Å². The first kappa shape index (κ1) is 20.2. The van der Waals surface area contributed by atoms with Crippen LogP contribution in [-0.4, -0.2) is 34.8 Å². The molecule has 3 rings (SSSR count). The quantitative estimate of drug-likeness (QED) is 0.411. The van der Waals surface area contributed by atoms with Gasteiger partial charge in [-0.1, -0.05) is 36.1 Å². The molecule has 1 aromatic carbocycles. The number of rotatable bonds is 4. The smallest absolute Gasteiger partial charge is 0.416 e. The highest BCUT2D eigenvalue weighted by Gasteiger charge is 2.34. The molecule has 0 N–H and O–H groups in total. The number of hydrogen-bond acceptors (Lipinski definition) is 6. The summed E-state index contributed by atoms with van der Waals surface area (Å²) in [4.78, 5) is 25.1. The lowest BCUT2D eigenvalue weighted by atomic mass is 10.1. The van der Waals surface area contributed by atoms with Gasteiger partial charge in [-0.05, 0) is 24.3 Å². The Labute approximate surface area is 167 Å². The third-order valence-corrected chi connectivity index (χ3v) is 5.14. The molecule has 10 heteroatoms. The van der Waals surface area contributed by atoms with Gasteiger partial charge in [0, 0.05) is 11.6 Å². The van der Waals surface area contributed by atoms with Crippen LogP contribution in [0.25, 0.3) is 17.4 Å². The molecule has 1 amide bonds. The lowest BCUT2D eigenvalue weighted by molar-refractivity contribution is -0.143. The molecule has 0 unspecified atom stereocenters. The van der Waals surface area contributed by atoms with Crippen molar-refractivity contribution in [2.45, 2.75) is 6.18 Å². The third-order valence-electron chi connectivity index (χ3n) is 3.76. The number of nitrogens with zero attached hydrogens (tertiary/aromatic N) is 1. The predicted molar refractivity (Wildman–Crippen MR) is 101 cm³/mol. The topological polar surface area (TPSA) is 59.8 Å². The van der Waals surface area contributed by atoms with Crippen LogP contribution < -0.4 is 0 Å². The minimum Gasteiger partial charge on any atom is -0.468 e. The average Bonchev–Trinajstić information content (AvgIpc) is 3.21. The number of methoxy groups -OCH3 is 1. The molecule has 0 radical (unpaired) electrons. The van der Waals surface area contributed by atoms with E-state index < -0.39 is 23.6 Å². The van der Waals surface area contributed by atoms with Crippen LogP contribution in [0.15, 0.2) is 45.7 Å². The SMILES string of the molecule is COC(=O)CN1C(=O)/C(=C/c2ccc(-c3cccc(C(F)(F)F)c3)o2)SC1=S. The van der Waals surface area contributed by atoms with Gasteiger partial charge in [0.2, 0.25) is 0 Å². The van der Waals surface area contributed by atoms with Crippen LogP contribution in [0.4, 0.5) is 13.2 Å². The maximum absolute atomic E-state index is 12.9. The summed E-state index contributed by atoms with van der Waals surface area (Å²) in [7, 11) is 1.20. The molecule has 1 aliphatic heterocycles. The van der Waals surface area contributed by atoms with Crippen molar-refractivity contribution in [3.63, 3.8) is 0 Å². The Bertz CT molecular complexity index is 981. The third kappa shape index (κ3) is 4.28. The van der Waals surface area contributed by atoms with Crippen molar-refractivity contribution in [2.75, 3.05) is 13.7 Å². The summed E-state index contributed by atoms with van der Waals surface area (Å²) in [5.41, 5.74) is -0.528. The summed E-state index contributed by atoms with van der Waals surface area (Å²) in [5.74, 6) is -0.590. The number of benzene rings is 1. The Morgan fingerprint density at radius 1 is 1.32 bits per heavy atom. The number of hydrogen-bond donors (Lipinski definition) is 0. The fraction of sp³-hybridized carbons (Fsp3) is 0.167. The highest BCUT2D eigenvalue weighted by atomic mass is 32.2. The van der Waals surface area contributed by atoms with Crippen molar-refractivity contribution in [3.8, 4) is 11.3 Å². The minimum atomic E-state index is -4.46. The lowest BCUT2D eigenvalue weighted by Gasteiger charge is -2.11. The van der Waals surface area contributed by atoms with E-state index in [1.165, 1.54) is 37.5 Å². The first-order chi connectivity index (χ1) is 13.2. The molecule has 2 aromatic rings. The van der Waals surface area contributed by atoms with Crippen molar-refractivity contribution >= 4 is 46.3 Å². The predicted octanol–water partition coefficient (Wildman–Crippen LogP) is 4.34. The molecule has 0 saturated carbocycles. The Balaban J connectivity index is 1.82. The number of ether oxygens (including phenoxy) is 1. The van der Waals surface area contributed by atoms with Crippen LogP contribution >= 0.6 is 24.0 Å². The Kier molecular flexibility index (Phi) is 5.61. The number of amides is 1. The first-order valence-electron chi connectivity index (χ1n) is 7.78. The van der Waals surface area contributed by atoms with Gasteiger partial charge in [0.15, 0.2) is 0 Å². The van der Waals surface area contributed by atoms with Crippen LogP contribution in [0.1, 0.15) is 11.3 Å². The fourth-order valence-corrected chi connectivity index (χ4v) is 3.63. The molecule has 146 valence electrons. The summed E-state index contributed by atoms with van der Waals surface area (Å²) in [6.07, 6.45) is -3.03. The summed E-state index contributed by atoms with van der Waals surface area (Å²) < 4.78 is 48.9. The van der Waals surface area contributed by atoms with Crippen molar-refractivity contribution in [1.82, 2.24) is 4.90 Å². The molecule has 1 saturated heterocycles. The van der Waals surface area contributed by atoms with Crippen molar-refractivity contribution in [2.24, 2.45) is 0 Å². The Morgan fingerprint density at radius 3 is 2.75 bits per heavy atom. The maximum atomic E-state index is 12.9. The molecule has 28 heavy (non-hydrogen) atoms. The molecule has 0 bridgehead atoms. The molecule has 1 fully saturated rings. The average molecular weight is 427 g/mol. The Morgan fingerprint density at radius 2 is 2.07 bits per heavy atom. The highest BCUT2D eigenvalue weighted by molar-refractivity contribution is 8.26. The van der Waals surface area contributed by atoms with E-state index in [1.54, 1.807) is 0 Å². The van der Waals surface area contributed by atoms with Gasteiger partial charge in [-0.25, -0.2) is 0 Å². The van der Waals surface area contributed by atoms with Crippen LogP contribution in [0, 0.1) is 0 Å². The second kappa shape index (κ2) is 7.80. The zero-order chi connectivity index (χ0) is 20.5. The molecule has 1 aromatic heterocycles. The van der Waals surface area contributed by atoms with Crippen molar-refractivity contribution in [1.29, 1.82) is 0 Å². The maximum Gasteiger partial charge on any atom is 0.416 e. The van der Waals surface area contributed by atoms with E-state index in [0.29, 0.717) is 0 Å². The normalized spacial score (nSPS) is 16.1. The van der Waals surface area contributed by atoms with Gasteiger partial charge in [0.1, 0.15) is 22.4 Å². The van der Waals surface area contributed by atoms with E-state index in [9.17, 15) is 22.8 Å². The van der Waals surface area contributed by atoms with Crippen LogP contribution in [0.2, 0.25) is 0 Å². The van der Waals surface area contributed by atoms with Gasteiger partial charge in [-0.2, -0.15) is 13.2 Å². The molecular formula is C18H12F3NO4S2. The number of carbonyl (C=O) groups excluding carboxylic acids is 2. The lowest BCUT2D eigenvalue weighted by Crippen LogP contribution is -2.33. The van der Waals surface area contributed by atoms with Gasteiger partial charge in [-0.3, -0.25) is 14.5 Å². The number of furan rings is 1. The van der Waals surface area contributed by atoms with Gasteiger partial charge in [-0.15, -0.1) is 0 Å². The number of alkyl halides is 3. The van der Waals surface area contributed by atoms with E-state index in [-0.39, 0.29) is 32.9 Å². The second-order valence-electron chi connectivity index (χ2n) is 5.62. The highest BCUT2D eigenvalue weighted by Crippen LogP contribution is 2.35. The van der Waals surface area contributed by atoms with Gasteiger partial charge >= 0.3 is 12.1 Å². The number of thioether (sulfide) groups is 1. The van der Waals surface area contributed by atoms with Crippen LogP contribution in [0.5, 0.6) is 0 Å². The molecule has 0 aliphatic carbocycles. The van der Waals surface area contributed by atoms with Crippen LogP contribution in [0.3, 0.4) is 0 Å². The summed E-state index contributed by atoms with van der Waals surface area (Å²) in [5, 5.41) is 0. The number of thiocarbonyl (C=S) groups is 1. The van der Waals surface area contributed by atoms with Gasteiger partial charge < -0.3 is 9.15 Å². The molecule has 5 nitrogen and oxygen atoms in total. The van der Waals surface area contributed by atoms with Gasteiger partial charge in [0.05, 0.1) is 17.6 Å². The zero-order valence-electron chi connectivity index (χ0n) is 14.3.